The smallest absolute Gasteiger partial charge is 0.251 e. The van der Waals surface area contributed by atoms with Gasteiger partial charge in [-0.25, -0.2) is 0 Å². The van der Waals surface area contributed by atoms with Crippen LogP contribution in [0.5, 0.6) is 5.75 Å². The van der Waals surface area contributed by atoms with E-state index in [0.29, 0.717) is 22.9 Å². The Kier molecular flexibility index (Phi) is 4.36. The quantitative estimate of drug-likeness (QED) is 0.815. The number of methoxy groups -OCH3 is 1. The van der Waals surface area contributed by atoms with E-state index in [2.05, 4.69) is 5.32 Å². The zero-order valence-electron chi connectivity index (χ0n) is 10.4. The van der Waals surface area contributed by atoms with Crippen molar-refractivity contribution in [2.75, 3.05) is 30.9 Å². The average Bonchev–Trinajstić information content (AvgIpc) is 2.89. The number of amides is 1. The van der Waals surface area contributed by atoms with Crippen LogP contribution in [0.2, 0.25) is 0 Å². The van der Waals surface area contributed by atoms with Gasteiger partial charge >= 0.3 is 0 Å². The molecule has 1 aliphatic heterocycles. The van der Waals surface area contributed by atoms with Crippen LogP contribution < -0.4 is 15.8 Å². The molecule has 2 rings (SSSR count). The Hall–Kier alpha value is -1.36. The fourth-order valence-electron chi connectivity index (χ4n) is 1.96. The minimum Gasteiger partial charge on any atom is -0.495 e. The van der Waals surface area contributed by atoms with Crippen LogP contribution in [0.1, 0.15) is 16.8 Å². The first kappa shape index (κ1) is 13.1. The second-order valence-corrected chi connectivity index (χ2v) is 5.55. The van der Waals surface area contributed by atoms with Gasteiger partial charge in [0.15, 0.2) is 0 Å². The summed E-state index contributed by atoms with van der Waals surface area (Å²) < 4.78 is 5.06. The van der Waals surface area contributed by atoms with Crippen LogP contribution in [0.15, 0.2) is 18.2 Å². The zero-order valence-corrected chi connectivity index (χ0v) is 11.3. The lowest BCUT2D eigenvalue weighted by atomic mass is 10.1. The van der Waals surface area contributed by atoms with Gasteiger partial charge < -0.3 is 15.8 Å². The normalized spacial score (nSPS) is 18.6. The largest absolute Gasteiger partial charge is 0.495 e. The lowest BCUT2D eigenvalue weighted by molar-refractivity contribution is 0.0948. The molecule has 1 amide bonds. The van der Waals surface area contributed by atoms with Gasteiger partial charge in [0, 0.05) is 12.1 Å². The van der Waals surface area contributed by atoms with Gasteiger partial charge in [0.2, 0.25) is 0 Å². The maximum atomic E-state index is 11.9. The highest BCUT2D eigenvalue weighted by molar-refractivity contribution is 7.99. The number of nitrogen functional groups attached to an aromatic ring is 1. The number of rotatable bonds is 4. The zero-order chi connectivity index (χ0) is 13.0. The van der Waals surface area contributed by atoms with E-state index in [-0.39, 0.29) is 5.91 Å². The molecule has 0 aromatic heterocycles. The second kappa shape index (κ2) is 6.00. The Morgan fingerprint density at radius 1 is 1.61 bits per heavy atom. The predicted octanol–water partition coefficient (Wildman–Crippen LogP) is 1.76. The van der Waals surface area contributed by atoms with E-state index >= 15 is 0 Å². The molecule has 5 heteroatoms. The fraction of sp³-hybridized carbons (Fsp3) is 0.462. The van der Waals surface area contributed by atoms with Gasteiger partial charge in [0.05, 0.1) is 12.8 Å². The third kappa shape index (κ3) is 3.10. The minimum absolute atomic E-state index is 0.0683. The van der Waals surface area contributed by atoms with Gasteiger partial charge in [0.25, 0.3) is 5.91 Å². The molecule has 1 heterocycles. The van der Waals surface area contributed by atoms with Crippen molar-refractivity contribution in [1.82, 2.24) is 5.32 Å². The summed E-state index contributed by atoms with van der Waals surface area (Å²) >= 11 is 1.95. The molecule has 0 bridgehead atoms. The monoisotopic (exact) mass is 266 g/mol. The van der Waals surface area contributed by atoms with Crippen molar-refractivity contribution in [3.05, 3.63) is 23.8 Å². The summed E-state index contributed by atoms with van der Waals surface area (Å²) in [6.45, 7) is 0.748. The molecule has 1 fully saturated rings. The molecule has 98 valence electrons. The highest BCUT2D eigenvalue weighted by atomic mass is 32.2. The summed E-state index contributed by atoms with van der Waals surface area (Å²) in [5.41, 5.74) is 6.85. The van der Waals surface area contributed by atoms with Crippen molar-refractivity contribution in [2.24, 2.45) is 5.92 Å². The van der Waals surface area contributed by atoms with Gasteiger partial charge in [-0.05, 0) is 42.0 Å². The summed E-state index contributed by atoms with van der Waals surface area (Å²) in [4.78, 5) is 11.9. The van der Waals surface area contributed by atoms with Crippen molar-refractivity contribution >= 4 is 23.4 Å². The number of anilines is 1. The number of hydrogen-bond donors (Lipinski definition) is 2. The van der Waals surface area contributed by atoms with E-state index in [1.54, 1.807) is 25.3 Å². The van der Waals surface area contributed by atoms with E-state index in [0.717, 1.165) is 12.3 Å². The molecule has 1 aromatic carbocycles. The van der Waals surface area contributed by atoms with Gasteiger partial charge in [-0.15, -0.1) is 0 Å². The van der Waals surface area contributed by atoms with E-state index in [4.69, 9.17) is 10.5 Å². The number of nitrogens with two attached hydrogens (primary N) is 1. The lowest BCUT2D eigenvalue weighted by Crippen LogP contribution is -2.29. The van der Waals surface area contributed by atoms with Crippen LogP contribution in [0.4, 0.5) is 5.69 Å². The molecule has 1 aromatic rings. The Morgan fingerprint density at radius 3 is 3.06 bits per heavy atom. The molecule has 0 radical (unpaired) electrons. The van der Waals surface area contributed by atoms with E-state index in [9.17, 15) is 4.79 Å². The summed E-state index contributed by atoms with van der Waals surface area (Å²) in [5.74, 6) is 3.48. The molecule has 0 aliphatic carbocycles. The molecular weight excluding hydrogens is 248 g/mol. The molecule has 0 spiro atoms. The maximum Gasteiger partial charge on any atom is 0.251 e. The summed E-state index contributed by atoms with van der Waals surface area (Å²) in [7, 11) is 1.56. The number of nitrogens with one attached hydrogen (secondary N) is 1. The molecule has 1 unspecified atom stereocenters. The topological polar surface area (TPSA) is 64.3 Å². The van der Waals surface area contributed by atoms with Crippen LogP contribution in [0.25, 0.3) is 0 Å². The Balaban J connectivity index is 1.93. The van der Waals surface area contributed by atoms with E-state index < -0.39 is 0 Å². The predicted molar refractivity (Wildman–Crippen MR) is 75.2 cm³/mol. The molecule has 4 nitrogen and oxygen atoms in total. The number of ether oxygens (including phenoxy) is 1. The molecule has 1 atom stereocenters. The molecular formula is C13H18N2O2S. The molecule has 0 saturated carbocycles. The Labute approximate surface area is 111 Å². The van der Waals surface area contributed by atoms with Crippen molar-refractivity contribution in [3.8, 4) is 5.75 Å². The third-order valence-electron chi connectivity index (χ3n) is 3.07. The van der Waals surface area contributed by atoms with Gasteiger partial charge in [0.1, 0.15) is 5.75 Å². The number of benzene rings is 1. The number of carbonyl (C=O) groups is 1. The molecule has 1 aliphatic rings. The van der Waals surface area contributed by atoms with E-state index in [1.165, 1.54) is 12.2 Å². The highest BCUT2D eigenvalue weighted by Crippen LogP contribution is 2.23. The van der Waals surface area contributed by atoms with Crippen LogP contribution in [-0.2, 0) is 0 Å². The Bertz CT molecular complexity index is 431. The second-order valence-electron chi connectivity index (χ2n) is 4.40. The number of hydrogen-bond acceptors (Lipinski definition) is 4. The van der Waals surface area contributed by atoms with Crippen molar-refractivity contribution in [1.29, 1.82) is 0 Å². The summed E-state index contributed by atoms with van der Waals surface area (Å²) in [6.07, 6.45) is 1.19. The minimum atomic E-state index is -0.0683. The van der Waals surface area contributed by atoms with Crippen LogP contribution in [0, 0.1) is 5.92 Å². The van der Waals surface area contributed by atoms with Gasteiger partial charge in [-0.1, -0.05) is 0 Å². The Morgan fingerprint density at radius 2 is 2.44 bits per heavy atom. The lowest BCUT2D eigenvalue weighted by Gasteiger charge is -2.11. The summed E-state index contributed by atoms with van der Waals surface area (Å²) in [6, 6.07) is 5.10. The van der Waals surface area contributed by atoms with Crippen molar-refractivity contribution < 1.29 is 9.53 Å². The molecule has 3 N–H and O–H groups in total. The van der Waals surface area contributed by atoms with Gasteiger partial charge in [-0.3, -0.25) is 4.79 Å². The fourth-order valence-corrected chi connectivity index (χ4v) is 3.24. The first-order chi connectivity index (χ1) is 8.70. The van der Waals surface area contributed by atoms with Crippen molar-refractivity contribution in [3.63, 3.8) is 0 Å². The molecule has 1 saturated heterocycles. The number of carbonyl (C=O) groups excluding carboxylic acids is 1. The van der Waals surface area contributed by atoms with Crippen LogP contribution in [0.3, 0.4) is 0 Å². The first-order valence-electron chi connectivity index (χ1n) is 6.00. The summed E-state index contributed by atoms with van der Waals surface area (Å²) in [5, 5.41) is 2.96. The standard InChI is InChI=1S/C13H18N2O2S/c1-17-12-3-2-10(6-11(12)14)13(16)15-7-9-4-5-18-8-9/h2-3,6,9H,4-5,7-8,14H2,1H3,(H,15,16). The van der Waals surface area contributed by atoms with Crippen LogP contribution in [-0.4, -0.2) is 31.1 Å². The molecule has 18 heavy (non-hydrogen) atoms. The highest BCUT2D eigenvalue weighted by Gasteiger charge is 2.16. The van der Waals surface area contributed by atoms with Gasteiger partial charge in [-0.2, -0.15) is 11.8 Å². The van der Waals surface area contributed by atoms with E-state index in [1.807, 2.05) is 11.8 Å². The third-order valence-corrected chi connectivity index (χ3v) is 4.30. The average molecular weight is 266 g/mol. The maximum absolute atomic E-state index is 11.9. The van der Waals surface area contributed by atoms with Crippen molar-refractivity contribution in [2.45, 2.75) is 6.42 Å². The SMILES string of the molecule is COc1ccc(C(=O)NCC2CCSC2)cc1N. The first-order valence-corrected chi connectivity index (χ1v) is 7.15. The number of thioether (sulfide) groups is 1. The van der Waals surface area contributed by atoms with Crippen LogP contribution >= 0.6 is 11.8 Å².